The zero-order valence-electron chi connectivity index (χ0n) is 8.54. The molecule has 86 valence electrons. The van der Waals surface area contributed by atoms with Crippen LogP contribution in [-0.4, -0.2) is 37.5 Å². The van der Waals surface area contributed by atoms with Gasteiger partial charge in [-0.3, -0.25) is 4.79 Å². The molecule has 0 saturated heterocycles. The minimum Gasteiger partial charge on any atom is -0.469 e. The molecule has 1 rings (SSSR count). The van der Waals surface area contributed by atoms with Crippen LogP contribution in [0.25, 0.3) is 0 Å². The van der Waals surface area contributed by atoms with Crippen molar-refractivity contribution in [1.29, 1.82) is 0 Å². The lowest BCUT2D eigenvalue weighted by atomic mass is 10.1. The second kappa shape index (κ2) is 4.92. The topological polar surface area (TPSA) is 87.9 Å². The van der Waals surface area contributed by atoms with E-state index in [1.807, 2.05) is 0 Å². The molecule has 0 unspecified atom stereocenters. The van der Waals surface area contributed by atoms with Crippen LogP contribution in [0, 0.1) is 16.0 Å². The van der Waals surface area contributed by atoms with Gasteiger partial charge in [-0.05, 0) is 12.8 Å². The monoisotopic (exact) mass is 219 g/mol. The first kappa shape index (κ1) is 11.7. The minimum atomic E-state index is -0.865. The normalized spacial score (nSPS) is 29.9. The summed E-state index contributed by atoms with van der Waals surface area (Å²) >= 11 is 0. The van der Waals surface area contributed by atoms with Gasteiger partial charge in [-0.15, -0.1) is 10.1 Å². The van der Waals surface area contributed by atoms with Crippen molar-refractivity contribution in [3.05, 3.63) is 10.1 Å². The molecule has 1 fully saturated rings. The van der Waals surface area contributed by atoms with E-state index in [1.165, 1.54) is 14.2 Å². The SMILES string of the molecule is COC(=O)[C@H]1C[C@@H](OC)[C@H](O[N+](=O)[O-])C1. The van der Waals surface area contributed by atoms with Gasteiger partial charge in [0.1, 0.15) is 6.10 Å². The molecule has 0 aliphatic heterocycles. The van der Waals surface area contributed by atoms with E-state index in [0.717, 1.165) is 0 Å². The van der Waals surface area contributed by atoms with E-state index in [9.17, 15) is 14.9 Å². The van der Waals surface area contributed by atoms with Crippen LogP contribution in [0.15, 0.2) is 0 Å². The van der Waals surface area contributed by atoms with E-state index in [2.05, 4.69) is 9.57 Å². The number of ether oxygens (including phenoxy) is 2. The second-order valence-corrected chi connectivity index (χ2v) is 3.33. The average molecular weight is 219 g/mol. The predicted molar refractivity (Wildman–Crippen MR) is 47.4 cm³/mol. The number of esters is 1. The maximum atomic E-state index is 11.2. The lowest BCUT2D eigenvalue weighted by Gasteiger charge is -2.14. The highest BCUT2D eigenvalue weighted by Gasteiger charge is 2.40. The molecule has 15 heavy (non-hydrogen) atoms. The summed E-state index contributed by atoms with van der Waals surface area (Å²) in [4.78, 5) is 25.8. The van der Waals surface area contributed by atoms with Crippen molar-refractivity contribution in [2.75, 3.05) is 14.2 Å². The van der Waals surface area contributed by atoms with E-state index in [4.69, 9.17) is 4.74 Å². The van der Waals surface area contributed by atoms with Gasteiger partial charge in [0.2, 0.25) is 0 Å². The third-order valence-corrected chi connectivity index (χ3v) is 2.51. The third-order valence-electron chi connectivity index (χ3n) is 2.51. The highest BCUT2D eigenvalue weighted by molar-refractivity contribution is 5.72. The van der Waals surface area contributed by atoms with E-state index in [1.54, 1.807) is 0 Å². The zero-order chi connectivity index (χ0) is 11.4. The summed E-state index contributed by atoms with van der Waals surface area (Å²) in [6, 6.07) is 0. The highest BCUT2D eigenvalue weighted by Crippen LogP contribution is 2.31. The van der Waals surface area contributed by atoms with Gasteiger partial charge in [-0.1, -0.05) is 0 Å². The molecule has 3 atom stereocenters. The number of hydrogen-bond acceptors (Lipinski definition) is 6. The molecule has 7 nitrogen and oxygen atoms in total. The Labute approximate surface area is 86.4 Å². The van der Waals surface area contributed by atoms with Crippen molar-refractivity contribution in [2.45, 2.75) is 25.0 Å². The van der Waals surface area contributed by atoms with Crippen molar-refractivity contribution in [3.8, 4) is 0 Å². The van der Waals surface area contributed by atoms with Gasteiger partial charge in [0.25, 0.3) is 5.09 Å². The largest absolute Gasteiger partial charge is 0.469 e. The molecular formula is C8H13NO6. The Morgan fingerprint density at radius 3 is 2.40 bits per heavy atom. The molecule has 1 saturated carbocycles. The Morgan fingerprint density at radius 2 is 1.93 bits per heavy atom. The first-order valence-corrected chi connectivity index (χ1v) is 4.50. The Kier molecular flexibility index (Phi) is 3.84. The van der Waals surface area contributed by atoms with Gasteiger partial charge in [0.15, 0.2) is 0 Å². The Bertz CT molecular complexity index is 256. The molecule has 1 aliphatic rings. The fourth-order valence-corrected chi connectivity index (χ4v) is 1.79. The van der Waals surface area contributed by atoms with Crippen LogP contribution >= 0.6 is 0 Å². The number of methoxy groups -OCH3 is 2. The summed E-state index contributed by atoms with van der Waals surface area (Å²) in [5.74, 6) is -0.767. The maximum Gasteiger partial charge on any atom is 0.308 e. The number of rotatable bonds is 4. The zero-order valence-corrected chi connectivity index (χ0v) is 8.54. The summed E-state index contributed by atoms with van der Waals surface area (Å²) in [6.07, 6.45) is -0.470. The molecule has 0 spiro atoms. The van der Waals surface area contributed by atoms with Crippen LogP contribution in [-0.2, 0) is 19.1 Å². The van der Waals surface area contributed by atoms with Gasteiger partial charge in [0.05, 0.1) is 19.1 Å². The smallest absolute Gasteiger partial charge is 0.308 e. The summed E-state index contributed by atoms with van der Waals surface area (Å²) < 4.78 is 9.57. The van der Waals surface area contributed by atoms with Crippen LogP contribution in [0.4, 0.5) is 0 Å². The van der Waals surface area contributed by atoms with Crippen molar-refractivity contribution >= 4 is 5.97 Å². The van der Waals surface area contributed by atoms with Crippen LogP contribution in [0.3, 0.4) is 0 Å². The quantitative estimate of drug-likeness (QED) is 0.380. The number of carbonyl (C=O) groups excluding carboxylic acids is 1. The molecule has 0 radical (unpaired) electrons. The van der Waals surface area contributed by atoms with Crippen LogP contribution < -0.4 is 0 Å². The molecule has 0 aromatic carbocycles. The predicted octanol–water partition coefficient (Wildman–Crippen LogP) is 0.161. The maximum absolute atomic E-state index is 11.2. The lowest BCUT2D eigenvalue weighted by molar-refractivity contribution is -0.770. The number of hydrogen-bond donors (Lipinski definition) is 0. The molecule has 0 bridgehead atoms. The minimum absolute atomic E-state index is 0.256. The van der Waals surface area contributed by atoms with E-state index in [0.29, 0.717) is 6.42 Å². The third kappa shape index (κ3) is 2.79. The Balaban J connectivity index is 2.58. The second-order valence-electron chi connectivity index (χ2n) is 3.33. The molecule has 0 aromatic rings. The molecule has 7 heteroatoms. The number of carbonyl (C=O) groups is 1. The Hall–Kier alpha value is -1.37. The molecular weight excluding hydrogens is 206 g/mol. The fraction of sp³-hybridized carbons (Fsp3) is 0.875. The van der Waals surface area contributed by atoms with Crippen molar-refractivity contribution in [3.63, 3.8) is 0 Å². The lowest BCUT2D eigenvalue weighted by Crippen LogP contribution is -2.27. The summed E-state index contributed by atoms with van der Waals surface area (Å²) in [7, 11) is 2.71. The van der Waals surface area contributed by atoms with Gasteiger partial charge in [-0.2, -0.15) is 0 Å². The summed E-state index contributed by atoms with van der Waals surface area (Å²) in [5.41, 5.74) is 0. The van der Waals surface area contributed by atoms with E-state index >= 15 is 0 Å². The summed E-state index contributed by atoms with van der Waals surface area (Å²) in [5, 5.41) is 9.31. The first-order valence-electron chi connectivity index (χ1n) is 4.50. The molecule has 0 amide bonds. The van der Waals surface area contributed by atoms with Crippen LogP contribution in [0.5, 0.6) is 0 Å². The molecule has 0 aromatic heterocycles. The first-order chi connectivity index (χ1) is 7.08. The molecule has 0 heterocycles. The van der Waals surface area contributed by atoms with E-state index in [-0.39, 0.29) is 18.3 Å². The standard InChI is InChI=1S/C8H13NO6/c1-13-6-3-5(8(10)14-2)4-7(6)15-9(11)12/h5-7H,3-4H2,1-2H3/t5-,6+,7+/m0/s1. The van der Waals surface area contributed by atoms with E-state index < -0.39 is 17.3 Å². The summed E-state index contributed by atoms with van der Waals surface area (Å²) in [6.45, 7) is 0. The number of nitrogens with zero attached hydrogens (tertiary/aromatic N) is 1. The van der Waals surface area contributed by atoms with Gasteiger partial charge in [0, 0.05) is 7.11 Å². The molecule has 1 aliphatic carbocycles. The average Bonchev–Trinajstić information content (AvgIpc) is 2.59. The van der Waals surface area contributed by atoms with Gasteiger partial charge < -0.3 is 14.3 Å². The van der Waals surface area contributed by atoms with Crippen LogP contribution in [0.2, 0.25) is 0 Å². The molecule has 0 N–H and O–H groups in total. The van der Waals surface area contributed by atoms with Crippen molar-refractivity contribution in [2.24, 2.45) is 5.92 Å². The van der Waals surface area contributed by atoms with Crippen LogP contribution in [0.1, 0.15) is 12.8 Å². The fourth-order valence-electron chi connectivity index (χ4n) is 1.79. The van der Waals surface area contributed by atoms with Crippen molar-refractivity contribution < 1.29 is 24.2 Å². The Morgan fingerprint density at radius 1 is 1.33 bits per heavy atom. The van der Waals surface area contributed by atoms with Gasteiger partial charge in [-0.25, -0.2) is 0 Å². The highest BCUT2D eigenvalue weighted by atomic mass is 17.0. The van der Waals surface area contributed by atoms with Gasteiger partial charge >= 0.3 is 5.97 Å². The van der Waals surface area contributed by atoms with Crippen molar-refractivity contribution in [1.82, 2.24) is 0 Å².